The molecule has 6 rings (SSSR count). The third-order valence-corrected chi connectivity index (χ3v) is 8.74. The Hall–Kier alpha value is -3.64. The first-order chi connectivity index (χ1) is 17.8. The van der Waals surface area contributed by atoms with Gasteiger partial charge in [0, 0.05) is 70.7 Å². The van der Waals surface area contributed by atoms with Gasteiger partial charge in [-0.15, -0.1) is 0 Å². The van der Waals surface area contributed by atoms with E-state index in [0.717, 1.165) is 76.0 Å². The van der Waals surface area contributed by atoms with Crippen molar-refractivity contribution < 1.29 is 4.79 Å². The van der Waals surface area contributed by atoms with E-state index < -0.39 is 0 Å². The second-order valence-corrected chi connectivity index (χ2v) is 10.7. The highest BCUT2D eigenvalue weighted by atomic mass is 35.5. The molecule has 2 aliphatic rings. The van der Waals surface area contributed by atoms with Crippen LogP contribution in [0, 0.1) is 19.3 Å². The van der Waals surface area contributed by atoms with E-state index in [4.69, 9.17) is 16.6 Å². The van der Waals surface area contributed by atoms with Gasteiger partial charge in [0.2, 0.25) is 5.91 Å². The zero-order chi connectivity index (χ0) is 25.9. The molecule has 2 saturated heterocycles. The maximum atomic E-state index is 12.1. The first-order valence-corrected chi connectivity index (χ1v) is 13.1. The van der Waals surface area contributed by atoms with Crippen molar-refractivity contribution in [2.45, 2.75) is 33.2 Å². The number of halogens is 1. The monoisotopic (exact) mass is 511 g/mol. The molecule has 37 heavy (non-hydrogen) atoms. The summed E-state index contributed by atoms with van der Waals surface area (Å²) in [5.74, 6) is 1.93. The number of hydrogen-bond acceptors (Lipinski definition) is 4. The van der Waals surface area contributed by atoms with Crippen LogP contribution in [0.5, 0.6) is 0 Å². The fraction of sp³-hybridized carbons (Fsp3) is 0.300. The molecular weight excluding hydrogens is 482 g/mol. The summed E-state index contributed by atoms with van der Waals surface area (Å²) in [5, 5.41) is 1.80. The summed E-state index contributed by atoms with van der Waals surface area (Å²) in [6.07, 6.45) is 6.23. The SMILES string of the molecule is C=CC(=O)N1CC2(CCN(c3nc4cc(-n5ccnc5C)ccc4c(-c4ccccc4Cl)c3C)[C@H]2C)C1. The lowest BCUT2D eigenvalue weighted by Gasteiger charge is -2.51. The quantitative estimate of drug-likeness (QED) is 0.317. The van der Waals surface area contributed by atoms with Gasteiger partial charge in [0.25, 0.3) is 0 Å². The molecular formula is C30H30ClN5O. The van der Waals surface area contributed by atoms with Gasteiger partial charge in [0.1, 0.15) is 11.6 Å². The Morgan fingerprint density at radius 1 is 1.19 bits per heavy atom. The van der Waals surface area contributed by atoms with Crippen molar-refractivity contribution in [3.63, 3.8) is 0 Å². The van der Waals surface area contributed by atoms with Gasteiger partial charge in [-0.25, -0.2) is 9.97 Å². The van der Waals surface area contributed by atoms with Crippen LogP contribution in [0.25, 0.3) is 27.7 Å². The van der Waals surface area contributed by atoms with Crippen LogP contribution in [-0.4, -0.2) is 51.0 Å². The van der Waals surface area contributed by atoms with Gasteiger partial charge < -0.3 is 14.4 Å². The van der Waals surface area contributed by atoms with E-state index >= 15 is 0 Å². The summed E-state index contributed by atoms with van der Waals surface area (Å²) >= 11 is 6.75. The Morgan fingerprint density at radius 2 is 1.97 bits per heavy atom. The van der Waals surface area contributed by atoms with Gasteiger partial charge in [-0.2, -0.15) is 0 Å². The van der Waals surface area contributed by atoms with E-state index in [-0.39, 0.29) is 17.4 Å². The highest BCUT2D eigenvalue weighted by Gasteiger charge is 2.54. The second kappa shape index (κ2) is 8.73. The molecule has 4 aromatic rings. The standard InChI is InChI=1S/C30H30ClN5O/c1-5-27(37)34-17-30(18-34)12-14-35(20(30)3)29-19(2)28(23-8-6-7-9-25(23)31)24-11-10-22(16-26(24)33-29)36-15-13-32-21(36)4/h5-11,13,15-16,20H,1,12,14,17-18H2,2-4H3/t20-/m0/s1. The van der Waals surface area contributed by atoms with Gasteiger partial charge in [-0.3, -0.25) is 4.79 Å². The molecule has 4 heterocycles. The van der Waals surface area contributed by atoms with Crippen molar-refractivity contribution in [1.29, 1.82) is 0 Å². The lowest BCUT2D eigenvalue weighted by molar-refractivity contribution is -0.138. The fourth-order valence-corrected chi connectivity index (χ4v) is 6.44. The van der Waals surface area contributed by atoms with E-state index in [1.54, 1.807) is 0 Å². The molecule has 0 radical (unpaired) electrons. The van der Waals surface area contributed by atoms with Crippen LogP contribution in [0.1, 0.15) is 24.7 Å². The van der Waals surface area contributed by atoms with Crippen molar-refractivity contribution in [1.82, 2.24) is 19.4 Å². The van der Waals surface area contributed by atoms with Crippen LogP contribution in [0.3, 0.4) is 0 Å². The fourth-order valence-electron chi connectivity index (χ4n) is 6.21. The van der Waals surface area contributed by atoms with E-state index in [0.29, 0.717) is 0 Å². The molecule has 2 fully saturated rings. The summed E-state index contributed by atoms with van der Waals surface area (Å²) in [6, 6.07) is 14.7. The topological polar surface area (TPSA) is 54.3 Å². The number of amides is 1. The lowest BCUT2D eigenvalue weighted by atomic mass is 9.74. The minimum absolute atomic E-state index is 0.0135. The number of anilines is 1. The van der Waals surface area contributed by atoms with Crippen LogP contribution < -0.4 is 4.90 Å². The Bertz CT molecular complexity index is 1550. The Kier molecular flexibility index (Phi) is 5.60. The molecule has 0 N–H and O–H groups in total. The number of likely N-dealkylation sites (tertiary alicyclic amines) is 1. The maximum Gasteiger partial charge on any atom is 0.245 e. The molecule has 1 spiro atoms. The number of carbonyl (C=O) groups excluding carboxylic acids is 1. The molecule has 2 aromatic heterocycles. The van der Waals surface area contributed by atoms with Crippen LogP contribution in [0.4, 0.5) is 5.82 Å². The first kappa shape index (κ1) is 23.7. The highest BCUT2D eigenvalue weighted by molar-refractivity contribution is 6.33. The van der Waals surface area contributed by atoms with Gasteiger partial charge in [-0.1, -0.05) is 42.4 Å². The van der Waals surface area contributed by atoms with E-state index in [1.807, 2.05) is 42.4 Å². The van der Waals surface area contributed by atoms with Crippen LogP contribution in [-0.2, 0) is 4.79 Å². The van der Waals surface area contributed by atoms with Gasteiger partial charge in [0.05, 0.1) is 5.52 Å². The highest BCUT2D eigenvalue weighted by Crippen LogP contribution is 2.48. The summed E-state index contributed by atoms with van der Waals surface area (Å²) in [5.41, 5.74) is 5.28. The minimum atomic E-state index is 0.0135. The summed E-state index contributed by atoms with van der Waals surface area (Å²) in [6.45, 7) is 12.5. The number of pyridine rings is 1. The predicted octanol–water partition coefficient (Wildman–Crippen LogP) is 5.97. The average Bonchev–Trinajstić information content (AvgIpc) is 3.46. The van der Waals surface area contributed by atoms with E-state index in [1.165, 1.54) is 6.08 Å². The molecule has 1 amide bonds. The number of rotatable bonds is 4. The maximum absolute atomic E-state index is 12.1. The van der Waals surface area contributed by atoms with Crippen LogP contribution >= 0.6 is 11.6 Å². The number of nitrogens with zero attached hydrogens (tertiary/aromatic N) is 5. The zero-order valence-corrected chi connectivity index (χ0v) is 22.2. The molecule has 0 unspecified atom stereocenters. The molecule has 0 saturated carbocycles. The second-order valence-electron chi connectivity index (χ2n) is 10.3. The molecule has 2 aromatic carbocycles. The van der Waals surface area contributed by atoms with Crippen molar-refractivity contribution in [3.05, 3.63) is 83.9 Å². The third-order valence-electron chi connectivity index (χ3n) is 8.41. The number of aromatic nitrogens is 3. The largest absolute Gasteiger partial charge is 0.353 e. The normalized spacial score (nSPS) is 18.4. The molecule has 0 bridgehead atoms. The van der Waals surface area contributed by atoms with Crippen molar-refractivity contribution >= 4 is 34.2 Å². The molecule has 2 aliphatic heterocycles. The minimum Gasteiger partial charge on any atom is -0.353 e. The Morgan fingerprint density at radius 3 is 2.68 bits per heavy atom. The molecule has 1 atom stereocenters. The molecule has 188 valence electrons. The summed E-state index contributed by atoms with van der Waals surface area (Å²) < 4.78 is 2.07. The van der Waals surface area contributed by atoms with Crippen molar-refractivity contribution in [3.8, 4) is 16.8 Å². The van der Waals surface area contributed by atoms with Crippen LogP contribution in [0.15, 0.2) is 67.5 Å². The Labute approximate surface area is 222 Å². The smallest absolute Gasteiger partial charge is 0.245 e. The zero-order valence-electron chi connectivity index (χ0n) is 21.4. The van der Waals surface area contributed by atoms with E-state index in [2.05, 4.69) is 59.1 Å². The van der Waals surface area contributed by atoms with Crippen molar-refractivity contribution in [2.24, 2.45) is 5.41 Å². The number of hydrogen-bond donors (Lipinski definition) is 0. The molecule has 7 heteroatoms. The Balaban J connectivity index is 1.49. The summed E-state index contributed by atoms with van der Waals surface area (Å²) in [7, 11) is 0. The predicted molar refractivity (Wildman–Crippen MR) is 149 cm³/mol. The van der Waals surface area contributed by atoms with Gasteiger partial charge in [-0.05, 0) is 57.0 Å². The number of aryl methyl sites for hydroxylation is 1. The lowest BCUT2D eigenvalue weighted by Crippen LogP contribution is -2.62. The first-order valence-electron chi connectivity index (χ1n) is 12.7. The molecule has 6 nitrogen and oxygen atoms in total. The van der Waals surface area contributed by atoms with Gasteiger partial charge in [0.15, 0.2) is 0 Å². The van der Waals surface area contributed by atoms with E-state index in [9.17, 15) is 4.79 Å². The number of fused-ring (bicyclic) bond motifs is 1. The number of imidazole rings is 1. The average molecular weight is 512 g/mol. The number of benzene rings is 2. The van der Waals surface area contributed by atoms with Crippen LogP contribution in [0.2, 0.25) is 5.02 Å². The van der Waals surface area contributed by atoms with Gasteiger partial charge >= 0.3 is 0 Å². The molecule has 0 aliphatic carbocycles. The van der Waals surface area contributed by atoms with Crippen molar-refractivity contribution in [2.75, 3.05) is 24.5 Å². The summed E-state index contributed by atoms with van der Waals surface area (Å²) in [4.78, 5) is 26.1. The third kappa shape index (κ3) is 3.65. The number of carbonyl (C=O) groups is 1.